The maximum atomic E-state index is 12.9. The van der Waals surface area contributed by atoms with Crippen LogP contribution in [0.4, 0.5) is 13.2 Å². The Morgan fingerprint density at radius 3 is 2.65 bits per heavy atom. The van der Waals surface area contributed by atoms with Crippen LogP contribution < -0.4 is 4.74 Å². The van der Waals surface area contributed by atoms with Crippen LogP contribution in [0.15, 0.2) is 35.1 Å². The number of carboxylic acid groups (broad SMARTS) is 1. The molecule has 9 nitrogen and oxygen atoms in total. The third-order valence-electron chi connectivity index (χ3n) is 4.87. The summed E-state index contributed by atoms with van der Waals surface area (Å²) in [5.74, 6) is -1.76. The summed E-state index contributed by atoms with van der Waals surface area (Å²) in [6.07, 6.45) is -0.442. The van der Waals surface area contributed by atoms with E-state index >= 15 is 0 Å². The molecule has 2 fully saturated rings. The monoisotopic (exact) mass is 443 g/mol. The van der Waals surface area contributed by atoms with Crippen molar-refractivity contribution in [1.29, 1.82) is 0 Å². The average Bonchev–Trinajstić information content (AvgIpc) is 3.32. The van der Waals surface area contributed by atoms with Crippen LogP contribution in [0.2, 0.25) is 0 Å². The first-order chi connectivity index (χ1) is 14.7. The zero-order valence-electron chi connectivity index (χ0n) is 16.4. The summed E-state index contributed by atoms with van der Waals surface area (Å²) in [6.45, 7) is 2.90. The molecule has 0 radical (unpaired) electrons. The first-order valence-corrected chi connectivity index (χ1v) is 9.40. The van der Waals surface area contributed by atoms with E-state index in [4.69, 9.17) is 23.9 Å². The molecule has 168 valence electrons. The Bertz CT molecular complexity index is 905. The number of likely N-dealkylation sites (tertiary alicyclic amines) is 1. The van der Waals surface area contributed by atoms with Crippen LogP contribution in [0.3, 0.4) is 0 Å². The lowest BCUT2D eigenvalue weighted by Gasteiger charge is -2.31. The minimum Gasteiger partial charge on any atom is -0.475 e. The number of halogens is 3. The SMILES string of the molecule is Cc1oncc1C(=O)N1C[C@H](Oc2ccccn2)[C@H]2OCCC[C@H]21.O=C(O)C(F)(F)F. The Hall–Kier alpha value is -3.15. The molecular formula is C19H20F3N3O6. The molecule has 12 heteroatoms. The zero-order chi connectivity index (χ0) is 22.6. The van der Waals surface area contributed by atoms with Crippen molar-refractivity contribution in [2.45, 2.75) is 44.2 Å². The molecule has 2 aliphatic rings. The number of aliphatic carboxylic acids is 1. The van der Waals surface area contributed by atoms with Crippen LogP contribution >= 0.6 is 0 Å². The summed E-state index contributed by atoms with van der Waals surface area (Å²) in [5.41, 5.74) is 0.498. The van der Waals surface area contributed by atoms with Gasteiger partial charge in [-0.05, 0) is 25.8 Å². The molecule has 2 aliphatic heterocycles. The number of nitrogens with zero attached hydrogens (tertiary/aromatic N) is 3. The van der Waals surface area contributed by atoms with Crippen molar-refractivity contribution in [1.82, 2.24) is 15.0 Å². The number of carboxylic acids is 1. The molecule has 4 heterocycles. The normalized spacial score (nSPS) is 22.8. The highest BCUT2D eigenvalue weighted by Crippen LogP contribution is 2.32. The van der Waals surface area contributed by atoms with Gasteiger partial charge in [0.25, 0.3) is 5.91 Å². The van der Waals surface area contributed by atoms with Gasteiger partial charge in [0.15, 0.2) is 0 Å². The summed E-state index contributed by atoms with van der Waals surface area (Å²) in [4.78, 5) is 27.8. The highest BCUT2D eigenvalue weighted by Gasteiger charge is 2.48. The quantitative estimate of drug-likeness (QED) is 0.770. The topological polar surface area (TPSA) is 115 Å². The van der Waals surface area contributed by atoms with Gasteiger partial charge >= 0.3 is 12.1 Å². The molecule has 0 unspecified atom stereocenters. The highest BCUT2D eigenvalue weighted by atomic mass is 19.4. The lowest BCUT2D eigenvalue weighted by Crippen LogP contribution is -2.44. The molecule has 31 heavy (non-hydrogen) atoms. The molecule has 0 aliphatic carbocycles. The second-order valence-corrected chi connectivity index (χ2v) is 6.93. The van der Waals surface area contributed by atoms with E-state index in [1.807, 2.05) is 23.1 Å². The van der Waals surface area contributed by atoms with Crippen LogP contribution in [0.5, 0.6) is 5.88 Å². The van der Waals surface area contributed by atoms with Gasteiger partial charge in [0.2, 0.25) is 5.88 Å². The lowest BCUT2D eigenvalue weighted by atomic mass is 10.0. The van der Waals surface area contributed by atoms with Crippen molar-refractivity contribution in [2.24, 2.45) is 0 Å². The molecular weight excluding hydrogens is 423 g/mol. The first kappa shape index (κ1) is 22.5. The van der Waals surface area contributed by atoms with Crippen molar-refractivity contribution in [3.8, 4) is 5.88 Å². The summed E-state index contributed by atoms with van der Waals surface area (Å²) >= 11 is 0. The molecule has 0 saturated carbocycles. The molecule has 2 aromatic heterocycles. The molecule has 2 saturated heterocycles. The molecule has 0 bridgehead atoms. The van der Waals surface area contributed by atoms with Crippen LogP contribution in [-0.4, -0.2) is 69.6 Å². The van der Waals surface area contributed by atoms with Gasteiger partial charge < -0.3 is 24.0 Å². The largest absolute Gasteiger partial charge is 0.490 e. The Kier molecular flexibility index (Phi) is 6.78. The second kappa shape index (κ2) is 9.33. The minimum atomic E-state index is -5.08. The smallest absolute Gasteiger partial charge is 0.475 e. The summed E-state index contributed by atoms with van der Waals surface area (Å²) < 4.78 is 48.7. The standard InChI is InChI=1S/C17H19N3O4.C2HF3O2/c1-11-12(9-19-24-11)17(21)20-10-14(16-13(20)5-4-8-22-16)23-15-6-2-3-7-18-15;3-2(4,5)1(6)7/h2-3,6-7,9,13-14,16H,4-5,8,10H2,1H3;(H,6,7)/t13-,14+,16+;/m1./s1. The molecule has 1 N–H and O–H groups in total. The average molecular weight is 443 g/mol. The van der Waals surface area contributed by atoms with Gasteiger partial charge in [-0.25, -0.2) is 9.78 Å². The van der Waals surface area contributed by atoms with Crippen molar-refractivity contribution in [3.63, 3.8) is 0 Å². The van der Waals surface area contributed by atoms with Crippen molar-refractivity contribution >= 4 is 11.9 Å². The predicted octanol–water partition coefficient (Wildman–Crippen LogP) is 2.46. The number of aromatic nitrogens is 2. The van der Waals surface area contributed by atoms with Crippen molar-refractivity contribution < 1.29 is 41.9 Å². The van der Waals surface area contributed by atoms with Crippen LogP contribution in [0.1, 0.15) is 29.0 Å². The van der Waals surface area contributed by atoms with E-state index in [2.05, 4.69) is 10.1 Å². The number of aryl methyl sites for hydroxylation is 1. The lowest BCUT2D eigenvalue weighted by molar-refractivity contribution is -0.192. The van der Waals surface area contributed by atoms with E-state index in [1.165, 1.54) is 6.20 Å². The van der Waals surface area contributed by atoms with Gasteiger partial charge in [0, 0.05) is 18.9 Å². The number of hydrogen-bond donors (Lipinski definition) is 1. The number of alkyl halides is 3. The summed E-state index contributed by atoms with van der Waals surface area (Å²) in [5, 5.41) is 10.8. The predicted molar refractivity (Wildman–Crippen MR) is 97.4 cm³/mol. The number of amides is 1. The van der Waals surface area contributed by atoms with E-state index in [9.17, 15) is 18.0 Å². The fourth-order valence-electron chi connectivity index (χ4n) is 3.48. The van der Waals surface area contributed by atoms with Gasteiger partial charge in [-0.1, -0.05) is 11.2 Å². The van der Waals surface area contributed by atoms with E-state index in [1.54, 1.807) is 13.1 Å². The fourth-order valence-corrected chi connectivity index (χ4v) is 3.48. The first-order valence-electron chi connectivity index (χ1n) is 9.40. The maximum absolute atomic E-state index is 12.9. The van der Waals surface area contributed by atoms with Gasteiger partial charge in [-0.2, -0.15) is 13.2 Å². The molecule has 3 atom stereocenters. The third-order valence-corrected chi connectivity index (χ3v) is 4.87. The van der Waals surface area contributed by atoms with Crippen LogP contribution in [0.25, 0.3) is 0 Å². The Labute approximate surface area is 174 Å². The van der Waals surface area contributed by atoms with Crippen molar-refractivity contribution in [2.75, 3.05) is 13.2 Å². The highest BCUT2D eigenvalue weighted by molar-refractivity contribution is 5.95. The van der Waals surface area contributed by atoms with Crippen molar-refractivity contribution in [3.05, 3.63) is 41.9 Å². The van der Waals surface area contributed by atoms with E-state index in [-0.39, 0.29) is 24.2 Å². The summed E-state index contributed by atoms with van der Waals surface area (Å²) in [7, 11) is 0. The van der Waals surface area contributed by atoms with Gasteiger partial charge in [0.05, 0.1) is 18.8 Å². The molecule has 4 rings (SSSR count). The summed E-state index contributed by atoms with van der Waals surface area (Å²) in [6, 6.07) is 5.53. The third kappa shape index (κ3) is 5.32. The number of pyridine rings is 1. The Balaban J connectivity index is 0.000000339. The van der Waals surface area contributed by atoms with E-state index in [0.717, 1.165) is 12.8 Å². The van der Waals surface area contributed by atoms with E-state index < -0.39 is 12.1 Å². The number of carbonyl (C=O) groups excluding carboxylic acids is 1. The fraction of sp³-hybridized carbons (Fsp3) is 0.474. The second-order valence-electron chi connectivity index (χ2n) is 6.93. The Morgan fingerprint density at radius 2 is 2.06 bits per heavy atom. The number of rotatable bonds is 3. The molecule has 2 aromatic rings. The minimum absolute atomic E-state index is 0.00858. The van der Waals surface area contributed by atoms with Crippen LogP contribution in [0, 0.1) is 6.92 Å². The van der Waals surface area contributed by atoms with E-state index in [0.29, 0.717) is 30.4 Å². The van der Waals surface area contributed by atoms with Crippen LogP contribution in [-0.2, 0) is 9.53 Å². The zero-order valence-corrected chi connectivity index (χ0v) is 16.4. The number of hydrogen-bond acceptors (Lipinski definition) is 7. The number of fused-ring (bicyclic) bond motifs is 1. The molecule has 0 aromatic carbocycles. The maximum Gasteiger partial charge on any atom is 0.490 e. The number of ether oxygens (including phenoxy) is 2. The van der Waals surface area contributed by atoms with Gasteiger partial charge in [-0.3, -0.25) is 4.79 Å². The molecule has 0 spiro atoms. The molecule has 1 amide bonds. The van der Waals surface area contributed by atoms with Gasteiger partial charge in [0.1, 0.15) is 23.5 Å². The number of carbonyl (C=O) groups is 2. The van der Waals surface area contributed by atoms with Gasteiger partial charge in [-0.15, -0.1) is 0 Å². The Morgan fingerprint density at radius 1 is 1.32 bits per heavy atom.